The van der Waals surface area contributed by atoms with Crippen LogP contribution in [0.1, 0.15) is 66.7 Å². The van der Waals surface area contributed by atoms with Gasteiger partial charge in [-0.3, -0.25) is 9.59 Å². The molecule has 2 aliphatic heterocycles. The number of likely N-dealkylation sites (tertiary alicyclic amines) is 1. The lowest BCUT2D eigenvalue weighted by atomic mass is 9.90. The molecule has 2 saturated heterocycles. The fourth-order valence-corrected chi connectivity index (χ4v) is 4.81. The minimum Gasteiger partial charge on any atom is -0.386 e. The van der Waals surface area contributed by atoms with Crippen molar-refractivity contribution >= 4 is 11.8 Å². The third-order valence-electron chi connectivity index (χ3n) is 7.07. The summed E-state index contributed by atoms with van der Waals surface area (Å²) in [7, 11) is 0. The number of hydrogen-bond acceptors (Lipinski definition) is 4. The molecular formula is C27H32F2N2O4. The lowest BCUT2D eigenvalue weighted by Gasteiger charge is -2.36. The van der Waals surface area contributed by atoms with Crippen molar-refractivity contribution in [1.82, 2.24) is 10.2 Å². The number of aryl methyl sites for hydroxylation is 1. The highest BCUT2D eigenvalue weighted by Gasteiger charge is 2.42. The third kappa shape index (κ3) is 5.09. The molecule has 4 rings (SSSR count). The van der Waals surface area contributed by atoms with Gasteiger partial charge in [0.2, 0.25) is 5.91 Å². The van der Waals surface area contributed by atoms with Crippen LogP contribution in [-0.2, 0) is 15.1 Å². The number of nitrogens with one attached hydrogen (secondary N) is 1. The van der Waals surface area contributed by atoms with Crippen molar-refractivity contribution in [3.05, 3.63) is 70.3 Å². The van der Waals surface area contributed by atoms with E-state index in [-0.39, 0.29) is 29.0 Å². The first-order valence-electron chi connectivity index (χ1n) is 12.0. The van der Waals surface area contributed by atoms with Crippen LogP contribution in [0.25, 0.3) is 0 Å². The SMILES string of the molecule is Cc1cc(F)c([C@H](NC(=O)[C@H]2CC[C@@H](C)N2C(=O)c2cccc(C(C)(C)O)c2)C2COC2)cc1F. The van der Waals surface area contributed by atoms with Gasteiger partial charge in [-0.15, -0.1) is 0 Å². The Morgan fingerprint density at radius 3 is 2.49 bits per heavy atom. The maximum atomic E-state index is 14.8. The van der Waals surface area contributed by atoms with E-state index in [1.54, 1.807) is 43.0 Å². The first-order chi connectivity index (χ1) is 16.5. The Bertz CT molecular complexity index is 1130. The number of ether oxygens (including phenoxy) is 1. The minimum atomic E-state index is -1.12. The van der Waals surface area contributed by atoms with Gasteiger partial charge in [0.1, 0.15) is 17.7 Å². The van der Waals surface area contributed by atoms with Gasteiger partial charge >= 0.3 is 0 Å². The van der Waals surface area contributed by atoms with Crippen molar-refractivity contribution in [2.45, 2.75) is 64.3 Å². The Labute approximate surface area is 204 Å². The molecule has 0 aromatic heterocycles. The van der Waals surface area contributed by atoms with Crippen LogP contribution < -0.4 is 5.32 Å². The van der Waals surface area contributed by atoms with Gasteiger partial charge in [-0.25, -0.2) is 8.78 Å². The average molecular weight is 487 g/mol. The number of nitrogens with zero attached hydrogens (tertiary/aromatic N) is 1. The van der Waals surface area contributed by atoms with E-state index in [9.17, 15) is 23.5 Å². The topological polar surface area (TPSA) is 78.9 Å². The van der Waals surface area contributed by atoms with E-state index in [1.165, 1.54) is 6.92 Å². The Hall–Kier alpha value is -2.84. The standard InChI is InChI=1S/C27H32F2N2O4/c1-15-10-22(29)20(12-21(15)28)24(18-13-35-14-18)30-25(32)23-9-8-16(2)31(23)26(33)17-6-5-7-19(11-17)27(3,4)34/h5-7,10-12,16,18,23-24,34H,8-9,13-14H2,1-4H3,(H,30,32)/t16-,23-,24-/m1/s1. The molecule has 0 aliphatic carbocycles. The Morgan fingerprint density at radius 2 is 1.86 bits per heavy atom. The van der Waals surface area contributed by atoms with Gasteiger partial charge in [-0.05, 0) is 75.9 Å². The van der Waals surface area contributed by atoms with Gasteiger partial charge in [0.05, 0.1) is 24.9 Å². The lowest BCUT2D eigenvalue weighted by molar-refractivity contribution is -0.128. The van der Waals surface area contributed by atoms with Crippen molar-refractivity contribution in [1.29, 1.82) is 0 Å². The minimum absolute atomic E-state index is 0.0801. The van der Waals surface area contributed by atoms with Gasteiger partial charge in [-0.1, -0.05) is 12.1 Å². The maximum absolute atomic E-state index is 14.8. The normalized spacial score (nSPS) is 21.5. The van der Waals surface area contributed by atoms with Crippen LogP contribution in [0.3, 0.4) is 0 Å². The summed E-state index contributed by atoms with van der Waals surface area (Å²) in [6, 6.07) is 7.33. The van der Waals surface area contributed by atoms with Gasteiger partial charge in [0.15, 0.2) is 0 Å². The predicted molar refractivity (Wildman–Crippen MR) is 127 cm³/mol. The van der Waals surface area contributed by atoms with Crippen LogP contribution in [0.5, 0.6) is 0 Å². The quantitative estimate of drug-likeness (QED) is 0.647. The lowest BCUT2D eigenvalue weighted by Crippen LogP contribution is -2.51. The van der Waals surface area contributed by atoms with Crippen molar-refractivity contribution in [3.63, 3.8) is 0 Å². The summed E-state index contributed by atoms with van der Waals surface area (Å²) < 4.78 is 34.4. The molecule has 188 valence electrons. The maximum Gasteiger partial charge on any atom is 0.254 e. The number of hydrogen-bond donors (Lipinski definition) is 2. The molecule has 35 heavy (non-hydrogen) atoms. The van der Waals surface area contributed by atoms with Gasteiger partial charge in [0, 0.05) is 23.1 Å². The van der Waals surface area contributed by atoms with Gasteiger partial charge < -0.3 is 20.1 Å². The van der Waals surface area contributed by atoms with E-state index in [4.69, 9.17) is 4.74 Å². The molecule has 2 N–H and O–H groups in total. The van der Waals surface area contributed by atoms with Crippen molar-refractivity contribution in [2.75, 3.05) is 13.2 Å². The third-order valence-corrected chi connectivity index (χ3v) is 7.07. The Kier molecular flexibility index (Phi) is 6.97. The molecule has 3 atom stereocenters. The van der Waals surface area contributed by atoms with E-state index in [1.807, 2.05) is 6.92 Å². The van der Waals surface area contributed by atoms with Crippen LogP contribution >= 0.6 is 0 Å². The first-order valence-corrected chi connectivity index (χ1v) is 12.0. The second kappa shape index (κ2) is 9.66. The van der Waals surface area contributed by atoms with Crippen molar-refractivity contribution in [3.8, 4) is 0 Å². The van der Waals surface area contributed by atoms with Crippen LogP contribution in [0.15, 0.2) is 36.4 Å². The smallest absolute Gasteiger partial charge is 0.254 e. The van der Waals surface area contributed by atoms with Crippen LogP contribution in [0, 0.1) is 24.5 Å². The molecule has 2 fully saturated rings. The summed E-state index contributed by atoms with van der Waals surface area (Å²) in [4.78, 5) is 28.5. The molecule has 0 radical (unpaired) electrons. The summed E-state index contributed by atoms with van der Waals surface area (Å²) >= 11 is 0. The van der Waals surface area contributed by atoms with Crippen LogP contribution in [-0.4, -0.2) is 47.1 Å². The zero-order valence-electron chi connectivity index (χ0n) is 20.5. The molecular weight excluding hydrogens is 454 g/mol. The predicted octanol–water partition coefficient (Wildman–Crippen LogP) is 4.00. The zero-order chi connectivity index (χ0) is 25.5. The summed E-state index contributed by atoms with van der Waals surface area (Å²) in [5.74, 6) is -2.03. The number of halogens is 2. The van der Waals surface area contributed by atoms with Gasteiger partial charge in [-0.2, -0.15) is 0 Å². The van der Waals surface area contributed by atoms with Gasteiger partial charge in [0.25, 0.3) is 5.91 Å². The zero-order valence-corrected chi connectivity index (χ0v) is 20.5. The summed E-state index contributed by atoms with van der Waals surface area (Å²) in [6.07, 6.45) is 1.10. The highest BCUT2D eigenvalue weighted by molar-refractivity contribution is 5.98. The van der Waals surface area contributed by atoms with E-state index >= 15 is 0 Å². The summed E-state index contributed by atoms with van der Waals surface area (Å²) in [5, 5.41) is 13.2. The second-order valence-electron chi connectivity index (χ2n) is 10.2. The number of aliphatic hydroxyl groups is 1. The Morgan fingerprint density at radius 1 is 1.14 bits per heavy atom. The molecule has 0 bridgehead atoms. The van der Waals surface area contributed by atoms with E-state index in [0.29, 0.717) is 37.2 Å². The number of rotatable bonds is 6. The number of benzene rings is 2. The average Bonchev–Trinajstić information content (AvgIpc) is 3.15. The van der Waals surface area contributed by atoms with E-state index in [2.05, 4.69) is 5.32 Å². The highest BCUT2D eigenvalue weighted by atomic mass is 19.1. The molecule has 0 spiro atoms. The molecule has 2 amide bonds. The molecule has 2 aliphatic rings. The van der Waals surface area contributed by atoms with E-state index in [0.717, 1.165) is 12.1 Å². The van der Waals surface area contributed by atoms with E-state index < -0.39 is 35.2 Å². The van der Waals surface area contributed by atoms with Crippen molar-refractivity contribution < 1.29 is 28.2 Å². The summed E-state index contributed by atoms with van der Waals surface area (Å²) in [6.45, 7) is 7.31. The fourth-order valence-electron chi connectivity index (χ4n) is 4.81. The number of amides is 2. The number of carbonyl (C=O) groups is 2. The second-order valence-corrected chi connectivity index (χ2v) is 10.2. The molecule has 8 heteroatoms. The Balaban J connectivity index is 1.59. The monoisotopic (exact) mass is 486 g/mol. The highest BCUT2D eigenvalue weighted by Crippen LogP contribution is 2.33. The van der Waals surface area contributed by atoms with Crippen molar-refractivity contribution in [2.24, 2.45) is 5.92 Å². The molecule has 2 heterocycles. The molecule has 6 nitrogen and oxygen atoms in total. The molecule has 0 unspecified atom stereocenters. The molecule has 2 aromatic carbocycles. The summed E-state index contributed by atoms with van der Waals surface area (Å²) in [5.41, 5.74) is 0.132. The molecule has 2 aromatic rings. The van der Waals surface area contributed by atoms with Crippen LogP contribution in [0.2, 0.25) is 0 Å². The number of carbonyl (C=O) groups excluding carboxylic acids is 2. The first kappa shape index (κ1) is 25.3. The largest absolute Gasteiger partial charge is 0.386 e. The molecule has 0 saturated carbocycles. The van der Waals surface area contributed by atoms with Crippen LogP contribution in [0.4, 0.5) is 8.78 Å². The fraction of sp³-hybridized carbons (Fsp3) is 0.481.